The maximum atomic E-state index is 12.9. The minimum atomic E-state index is -4.58. The molecule has 0 aromatic heterocycles. The third-order valence-electron chi connectivity index (χ3n) is 4.36. The Morgan fingerprint density at radius 1 is 0.429 bits per heavy atom. The van der Waals surface area contributed by atoms with E-state index in [0.717, 1.165) is 36.4 Å². The van der Waals surface area contributed by atoms with E-state index in [4.69, 9.17) is 27.6 Å². The topological polar surface area (TPSA) is 0 Å². The number of alkyl halides is 9. The van der Waals surface area contributed by atoms with Crippen molar-refractivity contribution in [3.05, 3.63) is 89.5 Å². The Bertz CT molecular complexity index is 941. The molecule has 3 rings (SSSR count). The molecule has 0 aliphatic rings. The zero-order valence-corrected chi connectivity index (χ0v) is 22.0. The van der Waals surface area contributed by atoms with E-state index in [1.54, 1.807) is 0 Å². The molecule has 0 aliphatic heterocycles. The van der Waals surface area contributed by atoms with Crippen molar-refractivity contribution in [3.63, 3.8) is 0 Å². The van der Waals surface area contributed by atoms with Gasteiger partial charge in [-0.05, 0) is 60.2 Å². The van der Waals surface area contributed by atoms with Crippen LogP contribution in [-0.2, 0) is 33.7 Å². The first-order valence-corrected chi connectivity index (χ1v) is 18.3. The van der Waals surface area contributed by atoms with Gasteiger partial charge in [0.15, 0.2) is 0 Å². The molecule has 0 heterocycles. The SMILES string of the molecule is FC(F)(F)c1ccc(P(c2ccc(C(F)(F)F)cc2)c2ccc(C(F)(F)F)cc2)cc1.[Cl][Au]([Cl])[Cl]. The third kappa shape index (κ3) is 9.15. The summed E-state index contributed by atoms with van der Waals surface area (Å²) < 4.78 is 116. The fraction of sp³-hybridized carbons (Fsp3) is 0.143. The first-order valence-electron chi connectivity index (χ1n) is 8.93. The molecule has 0 N–H and O–H groups in total. The average Bonchev–Trinajstić information content (AvgIpc) is 2.73. The van der Waals surface area contributed by atoms with Gasteiger partial charge in [0.1, 0.15) is 0 Å². The summed E-state index contributed by atoms with van der Waals surface area (Å²) in [5, 5.41) is 1.05. The Labute approximate surface area is 213 Å². The number of hydrogen-bond donors (Lipinski definition) is 0. The zero-order valence-electron chi connectivity index (χ0n) is 16.7. The second-order valence-corrected chi connectivity index (χ2v) is 18.2. The molecule has 14 heteroatoms. The fourth-order valence-corrected chi connectivity index (χ4v) is 5.08. The summed E-state index contributed by atoms with van der Waals surface area (Å²) in [6.45, 7) is 0. The molecule has 0 radical (unpaired) electrons. The molecule has 3 aromatic carbocycles. The molecule has 0 atom stereocenters. The molecule has 0 aliphatic carbocycles. The molecular weight excluding hydrogens is 758 g/mol. The van der Waals surface area contributed by atoms with Crippen LogP contribution in [0.3, 0.4) is 0 Å². The van der Waals surface area contributed by atoms with Crippen LogP contribution < -0.4 is 15.9 Å². The van der Waals surface area contributed by atoms with Crippen molar-refractivity contribution in [2.24, 2.45) is 0 Å². The number of halogens is 12. The van der Waals surface area contributed by atoms with Gasteiger partial charge in [-0.2, -0.15) is 39.5 Å². The normalized spacial score (nSPS) is 12.8. The Morgan fingerprint density at radius 3 is 0.743 bits per heavy atom. The van der Waals surface area contributed by atoms with Crippen molar-refractivity contribution in [2.45, 2.75) is 18.5 Å². The molecule has 35 heavy (non-hydrogen) atoms. The summed E-state index contributed by atoms with van der Waals surface area (Å²) in [7, 11) is 13.2. The molecule has 0 saturated carbocycles. The zero-order chi connectivity index (χ0) is 26.6. The van der Waals surface area contributed by atoms with Crippen LogP contribution >= 0.6 is 35.5 Å². The van der Waals surface area contributed by atoms with E-state index in [9.17, 15) is 39.5 Å². The quantitative estimate of drug-likeness (QED) is 0.142. The van der Waals surface area contributed by atoms with Crippen molar-refractivity contribution in [1.29, 1.82) is 0 Å². The molecule has 3 aromatic rings. The van der Waals surface area contributed by atoms with E-state index in [0.29, 0.717) is 15.9 Å². The second kappa shape index (κ2) is 12.1. The Kier molecular flexibility index (Phi) is 10.5. The predicted molar refractivity (Wildman–Crippen MR) is 118 cm³/mol. The third-order valence-corrected chi connectivity index (χ3v) is 6.80. The van der Waals surface area contributed by atoms with Crippen LogP contribution in [0, 0.1) is 0 Å². The molecule has 196 valence electrons. The van der Waals surface area contributed by atoms with E-state index in [1.807, 2.05) is 0 Å². The summed E-state index contributed by atoms with van der Waals surface area (Å²) in [5.41, 5.74) is -2.73. The van der Waals surface area contributed by atoms with E-state index in [1.165, 1.54) is 36.4 Å². The van der Waals surface area contributed by atoms with E-state index < -0.39 is 58.3 Å². The van der Waals surface area contributed by atoms with Crippen molar-refractivity contribution >= 4 is 51.4 Å². The van der Waals surface area contributed by atoms with Gasteiger partial charge >= 0.3 is 61.3 Å². The molecule has 0 fully saturated rings. The van der Waals surface area contributed by atoms with E-state index in [-0.39, 0.29) is 0 Å². The fourth-order valence-electron chi connectivity index (χ4n) is 2.85. The number of hydrogen-bond acceptors (Lipinski definition) is 0. The molecule has 0 spiro atoms. The first kappa shape index (κ1) is 30.3. The van der Waals surface area contributed by atoms with E-state index >= 15 is 0 Å². The van der Waals surface area contributed by atoms with Crippen molar-refractivity contribution < 1.29 is 54.7 Å². The first-order chi connectivity index (χ1) is 16.0. The van der Waals surface area contributed by atoms with Crippen LogP contribution in [0.25, 0.3) is 0 Å². The van der Waals surface area contributed by atoms with Gasteiger partial charge in [0.05, 0.1) is 16.7 Å². The van der Waals surface area contributed by atoms with Gasteiger partial charge in [0, 0.05) is 0 Å². The van der Waals surface area contributed by atoms with Gasteiger partial charge in [-0.3, -0.25) is 0 Å². The standard InChI is InChI=1S/C21H12F9P.Au.3ClH/c22-19(23,24)13-1-7-16(8-2-13)31(17-9-3-14(4-10-17)20(25,26)27)18-11-5-15(6-12-18)21(28,29)30;;;;/h1-12H;;3*1H/q;+3;;;/p-3. The van der Waals surface area contributed by atoms with Crippen molar-refractivity contribution in [3.8, 4) is 0 Å². The van der Waals surface area contributed by atoms with Gasteiger partial charge in [-0.25, -0.2) is 0 Å². The van der Waals surface area contributed by atoms with Crippen molar-refractivity contribution in [2.75, 3.05) is 0 Å². The van der Waals surface area contributed by atoms with Crippen LogP contribution in [-0.4, -0.2) is 0 Å². The second-order valence-electron chi connectivity index (χ2n) is 6.60. The minimum absolute atomic E-state index is 0.350. The van der Waals surface area contributed by atoms with Crippen LogP contribution in [0.2, 0.25) is 0 Å². The molecule has 0 unspecified atom stereocenters. The average molecular weight is 770 g/mol. The van der Waals surface area contributed by atoms with Crippen LogP contribution in [0.1, 0.15) is 16.7 Å². The summed E-state index contributed by atoms with van der Waals surface area (Å²) >= 11 is -1.79. The van der Waals surface area contributed by atoms with Gasteiger partial charge in [-0.15, -0.1) is 0 Å². The molecule has 0 nitrogen and oxygen atoms in total. The van der Waals surface area contributed by atoms with Crippen LogP contribution in [0.5, 0.6) is 0 Å². The summed E-state index contributed by atoms with van der Waals surface area (Å²) in [4.78, 5) is 0. The summed E-state index contributed by atoms with van der Waals surface area (Å²) in [5.74, 6) is 0. The number of benzene rings is 3. The Hall–Kier alpha value is -0.930. The maximum absolute atomic E-state index is 12.9. The summed E-state index contributed by atoms with van der Waals surface area (Å²) in [6.07, 6.45) is -13.7. The van der Waals surface area contributed by atoms with E-state index in [2.05, 4.69) is 0 Å². The van der Waals surface area contributed by atoms with Gasteiger partial charge in [0.25, 0.3) is 0 Å². The van der Waals surface area contributed by atoms with Gasteiger partial charge in [-0.1, -0.05) is 36.4 Å². The molecular formula is C21H12AuCl3F9P. The monoisotopic (exact) mass is 768 g/mol. The van der Waals surface area contributed by atoms with Gasteiger partial charge in [0.2, 0.25) is 0 Å². The molecule has 0 bridgehead atoms. The molecule has 0 amide bonds. The van der Waals surface area contributed by atoms with Crippen molar-refractivity contribution in [1.82, 2.24) is 0 Å². The number of rotatable bonds is 3. The molecule has 0 saturated heterocycles. The summed E-state index contributed by atoms with van der Waals surface area (Å²) in [6, 6.07) is 12.1. The Balaban J connectivity index is 0.00000100. The Morgan fingerprint density at radius 2 is 0.600 bits per heavy atom. The van der Waals surface area contributed by atoms with Gasteiger partial charge < -0.3 is 0 Å². The van der Waals surface area contributed by atoms with Crippen LogP contribution in [0.4, 0.5) is 39.5 Å². The predicted octanol–water partition coefficient (Wildman–Crippen LogP) is 8.57. The van der Waals surface area contributed by atoms with Crippen LogP contribution in [0.15, 0.2) is 72.8 Å².